The molecular weight excluding hydrogens is 354 g/mol. The SMILES string of the molecule is CCOc1cc2c(cc1OCC)C[NH+](CC(=O)Nc1cccc(C#N)c1)CC2. The zero-order valence-corrected chi connectivity index (χ0v) is 16.4. The van der Waals surface area contributed by atoms with Gasteiger partial charge in [-0.2, -0.15) is 5.26 Å². The molecule has 1 amide bonds. The summed E-state index contributed by atoms with van der Waals surface area (Å²) in [6.07, 6.45) is 0.897. The van der Waals surface area contributed by atoms with E-state index in [0.29, 0.717) is 31.0 Å². The van der Waals surface area contributed by atoms with Gasteiger partial charge in [-0.15, -0.1) is 0 Å². The van der Waals surface area contributed by atoms with Crippen LogP contribution in [0.25, 0.3) is 0 Å². The Kier molecular flexibility index (Phi) is 6.51. The Morgan fingerprint density at radius 3 is 2.54 bits per heavy atom. The maximum atomic E-state index is 12.4. The maximum absolute atomic E-state index is 12.4. The molecule has 2 N–H and O–H groups in total. The van der Waals surface area contributed by atoms with Gasteiger partial charge in [-0.1, -0.05) is 6.07 Å². The summed E-state index contributed by atoms with van der Waals surface area (Å²) in [6.45, 7) is 7.15. The van der Waals surface area contributed by atoms with Crippen LogP contribution in [0.15, 0.2) is 36.4 Å². The highest BCUT2D eigenvalue weighted by Gasteiger charge is 2.24. The predicted molar refractivity (Wildman–Crippen MR) is 107 cm³/mol. The van der Waals surface area contributed by atoms with Crippen LogP contribution in [0.4, 0.5) is 5.69 Å². The van der Waals surface area contributed by atoms with Crippen molar-refractivity contribution in [2.45, 2.75) is 26.8 Å². The second-order valence-electron chi connectivity index (χ2n) is 6.78. The third-order valence-corrected chi connectivity index (χ3v) is 4.74. The van der Waals surface area contributed by atoms with Crippen molar-refractivity contribution in [2.75, 3.05) is 31.6 Å². The lowest BCUT2D eigenvalue weighted by atomic mass is 9.98. The van der Waals surface area contributed by atoms with Crippen LogP contribution >= 0.6 is 0 Å². The lowest BCUT2D eigenvalue weighted by Gasteiger charge is -2.26. The molecule has 1 unspecified atom stereocenters. The number of ether oxygens (including phenoxy) is 2. The van der Waals surface area contributed by atoms with E-state index in [1.165, 1.54) is 16.0 Å². The van der Waals surface area contributed by atoms with E-state index in [9.17, 15) is 4.79 Å². The molecule has 6 heteroatoms. The first-order valence-electron chi connectivity index (χ1n) is 9.67. The molecule has 0 spiro atoms. The molecule has 146 valence electrons. The first-order valence-corrected chi connectivity index (χ1v) is 9.67. The highest BCUT2D eigenvalue weighted by molar-refractivity contribution is 5.91. The van der Waals surface area contributed by atoms with Crippen molar-refractivity contribution in [3.05, 3.63) is 53.1 Å². The minimum absolute atomic E-state index is 0.0514. The number of amides is 1. The molecule has 1 aliphatic rings. The van der Waals surface area contributed by atoms with Crippen molar-refractivity contribution >= 4 is 11.6 Å². The molecule has 2 aromatic carbocycles. The monoisotopic (exact) mass is 380 g/mol. The van der Waals surface area contributed by atoms with Crippen molar-refractivity contribution in [1.29, 1.82) is 5.26 Å². The minimum Gasteiger partial charge on any atom is -0.490 e. The molecule has 0 aliphatic carbocycles. The van der Waals surface area contributed by atoms with Crippen LogP contribution in [0.1, 0.15) is 30.5 Å². The van der Waals surface area contributed by atoms with Crippen molar-refractivity contribution in [2.24, 2.45) is 0 Å². The molecule has 1 heterocycles. The number of nitriles is 1. The highest BCUT2D eigenvalue weighted by Crippen LogP contribution is 2.32. The lowest BCUT2D eigenvalue weighted by Crippen LogP contribution is -3.12. The van der Waals surface area contributed by atoms with Crippen molar-refractivity contribution in [3.63, 3.8) is 0 Å². The Hall–Kier alpha value is -3.04. The van der Waals surface area contributed by atoms with Gasteiger partial charge in [-0.25, -0.2) is 0 Å². The minimum atomic E-state index is -0.0514. The van der Waals surface area contributed by atoms with Gasteiger partial charge in [0.2, 0.25) is 0 Å². The van der Waals surface area contributed by atoms with E-state index in [0.717, 1.165) is 31.0 Å². The summed E-state index contributed by atoms with van der Waals surface area (Å²) in [5.74, 6) is 1.51. The predicted octanol–water partition coefficient (Wildman–Crippen LogP) is 1.94. The number of nitrogens with zero attached hydrogens (tertiary/aromatic N) is 1. The average molecular weight is 380 g/mol. The first kappa shape index (κ1) is 19.7. The van der Waals surface area contributed by atoms with Gasteiger partial charge in [0, 0.05) is 17.7 Å². The number of benzene rings is 2. The summed E-state index contributed by atoms with van der Waals surface area (Å²) in [5.41, 5.74) is 3.65. The van der Waals surface area contributed by atoms with Gasteiger partial charge in [0.15, 0.2) is 18.0 Å². The number of hydrogen-bond acceptors (Lipinski definition) is 4. The molecule has 0 bridgehead atoms. The number of carbonyl (C=O) groups is 1. The number of hydrogen-bond donors (Lipinski definition) is 2. The van der Waals surface area contributed by atoms with Crippen LogP contribution in [0.3, 0.4) is 0 Å². The fourth-order valence-corrected chi connectivity index (χ4v) is 3.50. The molecule has 2 aromatic rings. The zero-order chi connectivity index (χ0) is 19.9. The second kappa shape index (κ2) is 9.25. The third kappa shape index (κ3) is 4.81. The first-order chi connectivity index (χ1) is 13.6. The third-order valence-electron chi connectivity index (χ3n) is 4.74. The number of nitrogens with one attached hydrogen (secondary N) is 2. The molecule has 0 aromatic heterocycles. The molecule has 28 heavy (non-hydrogen) atoms. The van der Waals surface area contributed by atoms with Gasteiger partial charge < -0.3 is 19.7 Å². The highest BCUT2D eigenvalue weighted by atomic mass is 16.5. The maximum Gasteiger partial charge on any atom is 0.279 e. The van der Waals surface area contributed by atoms with Crippen LogP contribution in [-0.4, -0.2) is 32.2 Å². The van der Waals surface area contributed by atoms with E-state index in [2.05, 4.69) is 23.5 Å². The quantitative estimate of drug-likeness (QED) is 0.770. The fourth-order valence-electron chi connectivity index (χ4n) is 3.50. The van der Waals surface area contributed by atoms with Crippen LogP contribution in [0, 0.1) is 11.3 Å². The van der Waals surface area contributed by atoms with E-state index < -0.39 is 0 Å². The Morgan fingerprint density at radius 1 is 1.14 bits per heavy atom. The van der Waals surface area contributed by atoms with E-state index in [4.69, 9.17) is 14.7 Å². The summed E-state index contributed by atoms with van der Waals surface area (Å²) < 4.78 is 11.4. The van der Waals surface area contributed by atoms with Gasteiger partial charge in [0.25, 0.3) is 5.91 Å². The van der Waals surface area contributed by atoms with Crippen LogP contribution in [0.5, 0.6) is 11.5 Å². The van der Waals surface area contributed by atoms with Crippen LogP contribution in [0.2, 0.25) is 0 Å². The standard InChI is InChI=1S/C22H25N3O3/c1-3-27-20-11-17-8-9-25(14-18(17)12-21(20)28-4-2)15-22(26)24-19-7-5-6-16(10-19)13-23/h5-7,10-12H,3-4,8-9,14-15H2,1-2H3,(H,24,26)/p+1. The van der Waals surface area contributed by atoms with E-state index in [-0.39, 0.29) is 5.91 Å². The Balaban J connectivity index is 1.66. The van der Waals surface area contributed by atoms with Gasteiger partial charge in [0.1, 0.15) is 6.54 Å². The topological polar surface area (TPSA) is 75.8 Å². The molecule has 0 saturated carbocycles. The summed E-state index contributed by atoms with van der Waals surface area (Å²) >= 11 is 0. The number of rotatable bonds is 7. The van der Waals surface area contributed by atoms with Crippen molar-refractivity contribution < 1.29 is 19.2 Å². The van der Waals surface area contributed by atoms with Crippen molar-refractivity contribution in [3.8, 4) is 17.6 Å². The number of carbonyl (C=O) groups excluding carboxylic acids is 1. The van der Waals surface area contributed by atoms with Gasteiger partial charge in [0.05, 0.1) is 31.4 Å². The van der Waals surface area contributed by atoms with Crippen molar-refractivity contribution in [1.82, 2.24) is 0 Å². The molecule has 0 fully saturated rings. The summed E-state index contributed by atoms with van der Waals surface area (Å²) in [7, 11) is 0. The fraction of sp³-hybridized carbons (Fsp3) is 0.364. The molecule has 3 rings (SSSR count). The molecule has 6 nitrogen and oxygen atoms in total. The van der Waals surface area contributed by atoms with E-state index >= 15 is 0 Å². The normalized spacial score (nSPS) is 15.2. The van der Waals surface area contributed by atoms with E-state index in [1.807, 2.05) is 13.8 Å². The Bertz CT molecular complexity index is 889. The molecular formula is C22H26N3O3+. The largest absolute Gasteiger partial charge is 0.490 e. The Morgan fingerprint density at radius 2 is 1.86 bits per heavy atom. The molecule has 0 saturated heterocycles. The zero-order valence-electron chi connectivity index (χ0n) is 16.4. The average Bonchev–Trinajstić information content (AvgIpc) is 2.69. The molecule has 1 atom stereocenters. The Labute approximate surface area is 165 Å². The number of anilines is 1. The number of fused-ring (bicyclic) bond motifs is 1. The molecule has 1 aliphatic heterocycles. The summed E-state index contributed by atoms with van der Waals surface area (Å²) in [5, 5.41) is 11.9. The van der Waals surface area contributed by atoms with Gasteiger partial charge >= 0.3 is 0 Å². The van der Waals surface area contributed by atoms with Crippen LogP contribution in [-0.2, 0) is 17.8 Å². The van der Waals surface area contributed by atoms with E-state index in [1.54, 1.807) is 24.3 Å². The van der Waals surface area contributed by atoms with Gasteiger partial charge in [-0.05, 0) is 49.7 Å². The summed E-state index contributed by atoms with van der Waals surface area (Å²) in [4.78, 5) is 13.6. The van der Waals surface area contributed by atoms with Crippen LogP contribution < -0.4 is 19.7 Å². The smallest absolute Gasteiger partial charge is 0.279 e. The lowest BCUT2D eigenvalue weighted by molar-refractivity contribution is -0.907. The second-order valence-corrected chi connectivity index (χ2v) is 6.78. The number of quaternary nitrogens is 1. The molecule has 0 radical (unpaired) electrons. The summed E-state index contributed by atoms with van der Waals surface area (Å²) in [6, 6.07) is 13.2. The van der Waals surface area contributed by atoms with Gasteiger partial charge in [-0.3, -0.25) is 4.79 Å².